The largest absolute Gasteiger partial charge is 0.336 e. The second-order valence-electron chi connectivity index (χ2n) is 9.72. The molecule has 0 spiro atoms. The summed E-state index contributed by atoms with van der Waals surface area (Å²) in [5.74, 6) is -0.611. The molecule has 1 aromatic rings. The molecule has 4 aliphatic rings. The molecular formula is C23H27ClN4O4S. The third-order valence-corrected chi connectivity index (χ3v) is 10.2. The van der Waals surface area contributed by atoms with Gasteiger partial charge in [0, 0.05) is 6.54 Å². The molecule has 2 saturated carbocycles. The summed E-state index contributed by atoms with van der Waals surface area (Å²) in [5.41, 5.74) is -1.51. The Hall–Kier alpha value is -2.15. The van der Waals surface area contributed by atoms with Crippen LogP contribution >= 0.6 is 11.6 Å². The highest BCUT2D eigenvalue weighted by molar-refractivity contribution is 7.92. The summed E-state index contributed by atoms with van der Waals surface area (Å²) in [6.07, 6.45) is 4.63. The smallest absolute Gasteiger partial charge is 0.244 e. The molecule has 0 aromatic heterocycles. The molecule has 4 fully saturated rings. The molecule has 2 aliphatic carbocycles. The Morgan fingerprint density at radius 1 is 1.12 bits per heavy atom. The molecule has 0 radical (unpaired) electrons. The van der Waals surface area contributed by atoms with Crippen molar-refractivity contribution in [1.29, 1.82) is 5.26 Å². The topological polar surface area (TPSA) is 111 Å². The first-order chi connectivity index (χ1) is 15.7. The maximum absolute atomic E-state index is 13.8. The Bertz CT molecular complexity index is 1130. The number of benzene rings is 1. The van der Waals surface area contributed by atoms with Gasteiger partial charge in [-0.3, -0.25) is 14.5 Å². The molecule has 2 heterocycles. The lowest BCUT2D eigenvalue weighted by Crippen LogP contribution is -2.55. The van der Waals surface area contributed by atoms with E-state index in [1.807, 2.05) is 0 Å². The van der Waals surface area contributed by atoms with Crippen molar-refractivity contribution in [2.45, 2.75) is 72.2 Å². The zero-order valence-corrected chi connectivity index (χ0v) is 19.9. The summed E-state index contributed by atoms with van der Waals surface area (Å²) in [4.78, 5) is 30.7. The van der Waals surface area contributed by atoms with Crippen LogP contribution in [-0.4, -0.2) is 72.0 Å². The van der Waals surface area contributed by atoms with E-state index >= 15 is 0 Å². The first-order valence-corrected chi connectivity index (χ1v) is 13.4. The third kappa shape index (κ3) is 3.82. The lowest BCUT2D eigenvalue weighted by atomic mass is 10.1. The number of hydrogen-bond donors (Lipinski definition) is 1. The molecule has 1 aromatic carbocycles. The number of nitrogens with zero attached hydrogens (tertiary/aromatic N) is 3. The Morgan fingerprint density at radius 3 is 2.36 bits per heavy atom. The Labute approximate surface area is 198 Å². The summed E-state index contributed by atoms with van der Waals surface area (Å²) < 4.78 is 26.9. The van der Waals surface area contributed by atoms with Gasteiger partial charge in [-0.2, -0.15) is 5.26 Å². The van der Waals surface area contributed by atoms with Crippen LogP contribution in [0.4, 0.5) is 0 Å². The van der Waals surface area contributed by atoms with E-state index in [9.17, 15) is 23.3 Å². The number of rotatable bonds is 6. The van der Waals surface area contributed by atoms with E-state index in [1.54, 1.807) is 12.1 Å². The van der Waals surface area contributed by atoms with Gasteiger partial charge < -0.3 is 10.2 Å². The van der Waals surface area contributed by atoms with Gasteiger partial charge in [0.15, 0.2) is 9.84 Å². The van der Waals surface area contributed by atoms with Gasteiger partial charge in [0.2, 0.25) is 11.8 Å². The van der Waals surface area contributed by atoms with Gasteiger partial charge in [0.1, 0.15) is 17.1 Å². The lowest BCUT2D eigenvalue weighted by Gasteiger charge is -2.33. The fourth-order valence-electron chi connectivity index (χ4n) is 5.26. The van der Waals surface area contributed by atoms with Gasteiger partial charge >= 0.3 is 0 Å². The van der Waals surface area contributed by atoms with Crippen LogP contribution in [0, 0.1) is 11.3 Å². The maximum Gasteiger partial charge on any atom is 0.244 e. The second-order valence-corrected chi connectivity index (χ2v) is 12.3. The summed E-state index contributed by atoms with van der Waals surface area (Å²) >= 11 is 6.19. The monoisotopic (exact) mass is 490 g/mol. The van der Waals surface area contributed by atoms with Crippen molar-refractivity contribution in [2.75, 3.05) is 19.6 Å². The molecule has 33 heavy (non-hydrogen) atoms. The zero-order chi connectivity index (χ0) is 23.4. The van der Waals surface area contributed by atoms with Crippen LogP contribution in [0.1, 0.15) is 44.9 Å². The van der Waals surface area contributed by atoms with Gasteiger partial charge in [-0.15, -0.1) is 0 Å². The summed E-state index contributed by atoms with van der Waals surface area (Å²) in [6, 6.07) is 7.45. The van der Waals surface area contributed by atoms with Crippen molar-refractivity contribution >= 4 is 33.3 Å². The van der Waals surface area contributed by atoms with Gasteiger partial charge in [-0.25, -0.2) is 8.42 Å². The van der Waals surface area contributed by atoms with E-state index in [4.69, 9.17) is 11.6 Å². The number of carbonyl (C=O) groups is 2. The van der Waals surface area contributed by atoms with Crippen molar-refractivity contribution < 1.29 is 18.0 Å². The minimum Gasteiger partial charge on any atom is -0.336 e. The van der Waals surface area contributed by atoms with Gasteiger partial charge in [0.05, 0.1) is 21.2 Å². The molecule has 176 valence electrons. The van der Waals surface area contributed by atoms with Gasteiger partial charge in [-0.1, -0.05) is 23.7 Å². The van der Waals surface area contributed by atoms with E-state index in [2.05, 4.69) is 16.3 Å². The molecule has 0 unspecified atom stereocenters. The van der Waals surface area contributed by atoms with Crippen LogP contribution in [0.25, 0.3) is 0 Å². The molecule has 0 bridgehead atoms. The second kappa shape index (κ2) is 7.97. The fraction of sp³-hybridized carbons (Fsp3) is 0.609. The molecule has 5 rings (SSSR count). The molecule has 1 N–H and O–H groups in total. The number of nitrogens with one attached hydrogen (secondary N) is 1. The van der Waals surface area contributed by atoms with Gasteiger partial charge in [0.25, 0.3) is 0 Å². The molecule has 2 amide bonds. The lowest BCUT2D eigenvalue weighted by molar-refractivity contribution is -0.144. The SMILES string of the molecule is N#CC1(NC(=O)[C@@H]2C[C@@H](S(=O)(=O)c3ccccc3Cl)CN2C(=O)C2(N3CCCC3)CC2)CC1. The quantitative estimate of drug-likeness (QED) is 0.651. The normalized spacial score (nSPS) is 27.7. The highest BCUT2D eigenvalue weighted by Crippen LogP contribution is 2.47. The minimum atomic E-state index is -3.86. The van der Waals surface area contributed by atoms with E-state index in [0.29, 0.717) is 12.8 Å². The summed E-state index contributed by atoms with van der Waals surface area (Å²) in [6.45, 7) is 1.63. The van der Waals surface area contributed by atoms with Crippen LogP contribution in [0.15, 0.2) is 29.2 Å². The first-order valence-electron chi connectivity index (χ1n) is 11.5. The molecule has 10 heteroatoms. The fourth-order valence-corrected chi connectivity index (χ4v) is 7.47. The number of likely N-dealkylation sites (tertiary alicyclic amines) is 2. The predicted molar refractivity (Wildman–Crippen MR) is 121 cm³/mol. The van der Waals surface area contributed by atoms with Crippen molar-refractivity contribution in [2.24, 2.45) is 0 Å². The maximum atomic E-state index is 13.8. The standard InChI is InChI=1S/C23H27ClN4O4S/c24-17-5-1-2-6-19(17)33(31,32)16-13-18(20(29)26-22(15-25)7-8-22)28(14-16)21(30)23(9-10-23)27-11-3-4-12-27/h1-2,5-6,16,18H,3-4,7-14H2,(H,26,29)/t16-,18+/m1/s1. The number of amides is 2. The number of nitriles is 1. The van der Waals surface area contributed by atoms with Crippen LogP contribution in [-0.2, 0) is 19.4 Å². The van der Waals surface area contributed by atoms with Crippen molar-refractivity contribution in [1.82, 2.24) is 15.1 Å². The Morgan fingerprint density at radius 2 is 1.79 bits per heavy atom. The third-order valence-electron chi connectivity index (χ3n) is 7.57. The Balaban J connectivity index is 1.45. The Kier molecular flexibility index (Phi) is 5.46. The number of halogens is 1. The molecule has 2 atom stereocenters. The van der Waals surface area contributed by atoms with E-state index in [-0.39, 0.29) is 28.8 Å². The molecule has 2 aliphatic heterocycles. The predicted octanol–water partition coefficient (Wildman–Crippen LogP) is 1.88. The molecule has 8 nitrogen and oxygen atoms in total. The average molecular weight is 491 g/mol. The number of carbonyl (C=O) groups excluding carboxylic acids is 2. The molecular weight excluding hydrogens is 464 g/mol. The highest BCUT2D eigenvalue weighted by atomic mass is 35.5. The number of sulfone groups is 1. The van der Waals surface area contributed by atoms with E-state index in [1.165, 1.54) is 17.0 Å². The van der Waals surface area contributed by atoms with Gasteiger partial charge in [-0.05, 0) is 70.2 Å². The van der Waals surface area contributed by atoms with E-state index in [0.717, 1.165) is 38.8 Å². The van der Waals surface area contributed by atoms with Crippen LogP contribution in [0.2, 0.25) is 5.02 Å². The molecule has 2 saturated heterocycles. The van der Waals surface area contributed by atoms with Crippen molar-refractivity contribution in [3.05, 3.63) is 29.3 Å². The first kappa shape index (κ1) is 22.6. The highest BCUT2D eigenvalue weighted by Gasteiger charge is 2.60. The minimum absolute atomic E-state index is 0.0112. The van der Waals surface area contributed by atoms with Crippen molar-refractivity contribution in [3.8, 4) is 6.07 Å². The van der Waals surface area contributed by atoms with Crippen LogP contribution < -0.4 is 5.32 Å². The van der Waals surface area contributed by atoms with E-state index < -0.39 is 38.1 Å². The average Bonchev–Trinajstić information content (AvgIpc) is 3.64. The van der Waals surface area contributed by atoms with Crippen LogP contribution in [0.5, 0.6) is 0 Å². The zero-order valence-electron chi connectivity index (χ0n) is 18.3. The van der Waals surface area contributed by atoms with Crippen LogP contribution in [0.3, 0.4) is 0 Å². The summed E-state index contributed by atoms with van der Waals surface area (Å²) in [5, 5.41) is 11.4. The van der Waals surface area contributed by atoms with Crippen molar-refractivity contribution in [3.63, 3.8) is 0 Å². The number of hydrogen-bond acceptors (Lipinski definition) is 6. The summed E-state index contributed by atoms with van der Waals surface area (Å²) in [7, 11) is -3.86.